The second-order valence-electron chi connectivity index (χ2n) is 5.25. The average Bonchev–Trinajstić information content (AvgIpc) is 2.68. The molecule has 0 saturated carbocycles. The molecule has 1 unspecified atom stereocenters. The lowest BCUT2D eigenvalue weighted by atomic mass is 9.61. The zero-order valence-electron chi connectivity index (χ0n) is 16.0. The van der Waals surface area contributed by atoms with Gasteiger partial charge in [0.1, 0.15) is 12.2 Å². The van der Waals surface area contributed by atoms with Gasteiger partial charge in [0.2, 0.25) is 0 Å². The Labute approximate surface area is 137 Å². The van der Waals surface area contributed by atoms with Crippen LogP contribution >= 0.6 is 0 Å². The Balaban J connectivity index is 3.82. The lowest BCUT2D eigenvalue weighted by Gasteiger charge is -2.55. The third-order valence-electron chi connectivity index (χ3n) is 3.94. The van der Waals surface area contributed by atoms with Gasteiger partial charge in [0.25, 0.3) is 0 Å². The molecular weight excluding hydrogens is 312 g/mol. The summed E-state index contributed by atoms with van der Waals surface area (Å²) in [7, 11) is 0. The second-order valence-corrected chi connectivity index (χ2v) is 5.25. The fourth-order valence-corrected chi connectivity index (χ4v) is 2.53. The van der Waals surface area contributed by atoms with Crippen molar-refractivity contribution < 1.29 is 49.8 Å². The predicted molar refractivity (Wildman–Crippen MR) is 73.3 cm³/mol. The molecule has 0 aliphatic carbocycles. The molecular formula is C14H20O9. The normalized spacial score (nSPS) is 41.0. The molecule has 9 nitrogen and oxygen atoms in total. The molecule has 0 aromatic carbocycles. The zero-order chi connectivity index (χ0) is 21.2. The van der Waals surface area contributed by atoms with Gasteiger partial charge in [-0.2, -0.15) is 0 Å². The molecule has 1 aliphatic heterocycles. The van der Waals surface area contributed by atoms with Crippen molar-refractivity contribution in [2.75, 3.05) is 6.61 Å². The minimum atomic E-state index is -3.77. The molecule has 1 heterocycles. The lowest BCUT2D eigenvalue weighted by molar-refractivity contribution is -0.304. The Morgan fingerprint density at radius 1 is 1.04 bits per heavy atom. The van der Waals surface area contributed by atoms with Gasteiger partial charge >= 0.3 is 0 Å². The van der Waals surface area contributed by atoms with Crippen LogP contribution in [0.3, 0.4) is 0 Å². The number of carbonyl (C=O) groups excluding carboxylic acids is 4. The highest BCUT2D eigenvalue weighted by Gasteiger charge is 2.76. The van der Waals surface area contributed by atoms with Crippen LogP contribution in [0.2, 0.25) is 0 Å². The van der Waals surface area contributed by atoms with Gasteiger partial charge < -0.3 is 25.2 Å². The van der Waals surface area contributed by atoms with Crippen LogP contribution in [-0.2, 0) is 23.9 Å². The number of aliphatic hydroxyl groups is 4. The van der Waals surface area contributed by atoms with E-state index in [1.54, 1.807) is 0 Å². The minimum Gasteiger partial charge on any atom is -0.382 e. The molecule has 0 bridgehead atoms. The van der Waals surface area contributed by atoms with E-state index >= 15 is 0 Å². The third-order valence-corrected chi connectivity index (χ3v) is 3.94. The number of ketones is 4. The van der Waals surface area contributed by atoms with Gasteiger partial charge in [-0.25, -0.2) is 0 Å². The van der Waals surface area contributed by atoms with Crippen molar-refractivity contribution in [2.45, 2.75) is 56.6 Å². The standard InChI is InChI=1S/C14H20O9/c1-6(15)10(19)11-13(21,8(3)17)14(22,9(4)18)12(20,5-23-11)7(2)16/h10-11,19-22H,5H2,1-4H3/t10?,11-,12-,13-,14-/m1/s1/i1D,2D,3D,4D. The molecule has 23 heavy (non-hydrogen) atoms. The summed E-state index contributed by atoms with van der Waals surface area (Å²) in [6.07, 6.45) is -4.84. The fraction of sp³-hybridized carbons (Fsp3) is 0.714. The molecule has 1 aliphatic rings. The Morgan fingerprint density at radius 3 is 2.09 bits per heavy atom. The van der Waals surface area contributed by atoms with Crippen LogP contribution in [0.4, 0.5) is 0 Å². The molecule has 5 atom stereocenters. The summed E-state index contributed by atoms with van der Waals surface area (Å²) < 4.78 is 33.3. The van der Waals surface area contributed by atoms with Crippen molar-refractivity contribution in [1.82, 2.24) is 0 Å². The molecule has 9 heteroatoms. The van der Waals surface area contributed by atoms with Crippen LogP contribution < -0.4 is 0 Å². The maximum atomic E-state index is 12.3. The third kappa shape index (κ3) is 2.36. The number of aliphatic hydroxyl groups excluding tert-OH is 1. The number of hydrogen-bond acceptors (Lipinski definition) is 9. The molecule has 130 valence electrons. The minimum absolute atomic E-state index is 1.03. The first kappa shape index (κ1) is 13.9. The lowest BCUT2D eigenvalue weighted by Crippen LogP contribution is -2.84. The SMILES string of the molecule is [2H]CC(=O)C(O)[C@H]1OC[C@@](O)(C(=O)C[2H])[C@](O)(C(=O)C[2H])[C@@]1(O)C(=O)C[2H]. The topological polar surface area (TPSA) is 158 Å². The highest BCUT2D eigenvalue weighted by molar-refractivity contribution is 6.05. The molecule has 0 aromatic heterocycles. The van der Waals surface area contributed by atoms with Crippen molar-refractivity contribution in [3.63, 3.8) is 0 Å². The van der Waals surface area contributed by atoms with Crippen LogP contribution in [0.15, 0.2) is 0 Å². The van der Waals surface area contributed by atoms with E-state index in [1.165, 1.54) is 0 Å². The summed E-state index contributed by atoms with van der Waals surface area (Å²) >= 11 is 0. The summed E-state index contributed by atoms with van der Waals surface area (Å²) in [5, 5.41) is 42.5. The first-order valence-electron chi connectivity index (χ1n) is 9.03. The van der Waals surface area contributed by atoms with Gasteiger partial charge in [-0.3, -0.25) is 19.2 Å². The number of hydrogen-bond donors (Lipinski definition) is 4. The Morgan fingerprint density at radius 2 is 1.61 bits per heavy atom. The summed E-state index contributed by atoms with van der Waals surface area (Å²) in [6, 6.07) is 0. The zero-order valence-corrected chi connectivity index (χ0v) is 12.0. The van der Waals surface area contributed by atoms with Gasteiger partial charge in [0.15, 0.2) is 39.9 Å². The van der Waals surface area contributed by atoms with E-state index in [0.717, 1.165) is 0 Å². The highest BCUT2D eigenvalue weighted by atomic mass is 16.6. The van der Waals surface area contributed by atoms with E-state index < -0.39 is 86.4 Å². The average molecular weight is 336 g/mol. The quantitative estimate of drug-likeness (QED) is 0.419. The van der Waals surface area contributed by atoms with Gasteiger partial charge in [0, 0.05) is 5.48 Å². The first-order valence-corrected chi connectivity index (χ1v) is 6.20. The largest absolute Gasteiger partial charge is 0.382 e. The summed E-state index contributed by atoms with van der Waals surface area (Å²) in [5.41, 5.74) is -10.8. The molecule has 1 fully saturated rings. The number of ether oxygens (including phenoxy) is 1. The predicted octanol–water partition coefficient (Wildman–Crippen LogP) is -2.70. The monoisotopic (exact) mass is 336 g/mol. The number of carbonyl (C=O) groups is 4. The number of Topliss-reactive ketones (excluding diaryl/α,β-unsaturated/α-hetero) is 4. The van der Waals surface area contributed by atoms with Crippen molar-refractivity contribution >= 4 is 23.1 Å². The molecule has 4 N–H and O–H groups in total. The van der Waals surface area contributed by atoms with Crippen molar-refractivity contribution in [3.05, 3.63) is 0 Å². The van der Waals surface area contributed by atoms with E-state index in [9.17, 15) is 39.6 Å². The Hall–Kier alpha value is -1.52. The molecule has 1 saturated heterocycles. The van der Waals surface area contributed by atoms with Crippen molar-refractivity contribution in [2.24, 2.45) is 0 Å². The second kappa shape index (κ2) is 5.84. The van der Waals surface area contributed by atoms with E-state index in [2.05, 4.69) is 0 Å². The van der Waals surface area contributed by atoms with Gasteiger partial charge in [0.05, 0.1) is 6.61 Å². The summed E-state index contributed by atoms with van der Waals surface area (Å²) in [6.45, 7) is -6.21. The van der Waals surface area contributed by atoms with Crippen LogP contribution in [0, 0.1) is 0 Å². The number of rotatable bonds is 5. The van der Waals surface area contributed by atoms with E-state index in [-0.39, 0.29) is 0 Å². The maximum Gasteiger partial charge on any atom is 0.199 e. The highest BCUT2D eigenvalue weighted by Crippen LogP contribution is 2.44. The van der Waals surface area contributed by atoms with Gasteiger partial charge in [-0.05, 0) is 27.6 Å². The Bertz CT molecular complexity index is 644. The molecule has 1 rings (SSSR count). The molecule has 0 amide bonds. The van der Waals surface area contributed by atoms with E-state index in [1.807, 2.05) is 0 Å². The van der Waals surface area contributed by atoms with Crippen LogP contribution in [0.5, 0.6) is 0 Å². The van der Waals surface area contributed by atoms with E-state index in [4.69, 9.17) is 10.2 Å². The van der Waals surface area contributed by atoms with Crippen LogP contribution in [0.25, 0.3) is 0 Å². The Kier molecular flexibility index (Phi) is 3.52. The van der Waals surface area contributed by atoms with Crippen LogP contribution in [-0.4, -0.2) is 79.2 Å². The van der Waals surface area contributed by atoms with Gasteiger partial charge in [-0.1, -0.05) is 0 Å². The first-order chi connectivity index (χ1) is 12.4. The summed E-state index contributed by atoms with van der Waals surface area (Å²) in [4.78, 5) is 48.4. The van der Waals surface area contributed by atoms with Crippen LogP contribution in [0.1, 0.15) is 33.1 Å². The molecule has 0 radical (unpaired) electrons. The molecule has 0 spiro atoms. The maximum absolute atomic E-state index is 12.3. The van der Waals surface area contributed by atoms with E-state index in [0.29, 0.717) is 0 Å². The smallest absolute Gasteiger partial charge is 0.199 e. The van der Waals surface area contributed by atoms with Crippen molar-refractivity contribution in [3.8, 4) is 0 Å². The summed E-state index contributed by atoms with van der Waals surface area (Å²) in [5.74, 6) is -6.24. The van der Waals surface area contributed by atoms with Gasteiger partial charge in [-0.15, -0.1) is 0 Å². The molecule has 0 aromatic rings. The fourth-order valence-electron chi connectivity index (χ4n) is 2.53. The van der Waals surface area contributed by atoms with Crippen molar-refractivity contribution in [1.29, 1.82) is 0 Å².